The van der Waals surface area contributed by atoms with E-state index in [9.17, 15) is 4.79 Å². The molecule has 2 aromatic heterocycles. The van der Waals surface area contributed by atoms with E-state index in [1.165, 1.54) is 11.8 Å². The van der Waals surface area contributed by atoms with Crippen molar-refractivity contribution in [2.24, 2.45) is 0 Å². The Balaban J connectivity index is 1.57. The average Bonchev–Trinajstić information content (AvgIpc) is 2.63. The van der Waals surface area contributed by atoms with Crippen molar-refractivity contribution >= 4 is 35.0 Å². The lowest BCUT2D eigenvalue weighted by Gasteiger charge is -2.06. The summed E-state index contributed by atoms with van der Waals surface area (Å²) in [5.74, 6) is 0.0757. The topological polar surface area (TPSA) is 67.8 Å². The smallest absolute Gasteiger partial charge is 0.234 e. The molecule has 0 fully saturated rings. The minimum atomic E-state index is -0.149. The number of amides is 1. The number of anilines is 1. The number of rotatable bonds is 5. The molecular formula is C17H13ClN4OS. The molecule has 0 saturated carbocycles. The van der Waals surface area contributed by atoms with Crippen LogP contribution in [0.2, 0.25) is 5.02 Å². The number of carbonyl (C=O) groups excluding carboxylic acids is 1. The number of aromatic nitrogens is 3. The molecule has 3 aromatic rings. The van der Waals surface area contributed by atoms with Crippen molar-refractivity contribution in [2.45, 2.75) is 5.03 Å². The van der Waals surface area contributed by atoms with Gasteiger partial charge in [0, 0.05) is 6.20 Å². The second-order valence-corrected chi connectivity index (χ2v) is 6.19. The molecule has 0 unspecified atom stereocenters. The molecule has 5 nitrogen and oxygen atoms in total. The van der Waals surface area contributed by atoms with Crippen LogP contribution >= 0.6 is 23.4 Å². The van der Waals surface area contributed by atoms with Gasteiger partial charge in [-0.3, -0.25) is 9.78 Å². The van der Waals surface area contributed by atoms with E-state index in [1.807, 2.05) is 42.5 Å². The number of para-hydroxylation sites is 1. The summed E-state index contributed by atoms with van der Waals surface area (Å²) >= 11 is 7.32. The van der Waals surface area contributed by atoms with Crippen LogP contribution in [0.3, 0.4) is 0 Å². The quantitative estimate of drug-likeness (QED) is 0.702. The van der Waals surface area contributed by atoms with Crippen LogP contribution in [0.25, 0.3) is 11.4 Å². The zero-order valence-electron chi connectivity index (χ0n) is 12.5. The van der Waals surface area contributed by atoms with Crippen molar-refractivity contribution in [1.29, 1.82) is 0 Å². The van der Waals surface area contributed by atoms with Gasteiger partial charge in [-0.2, -0.15) is 0 Å². The SMILES string of the molecule is O=C(CSc1ccc(-c2ccccn2)nn1)Nc1ccccc1Cl. The van der Waals surface area contributed by atoms with Crippen LogP contribution in [0, 0.1) is 0 Å². The number of carbonyl (C=O) groups is 1. The van der Waals surface area contributed by atoms with Crippen LogP contribution < -0.4 is 5.32 Å². The summed E-state index contributed by atoms with van der Waals surface area (Å²) < 4.78 is 0. The molecule has 2 heterocycles. The zero-order chi connectivity index (χ0) is 16.8. The van der Waals surface area contributed by atoms with E-state index in [4.69, 9.17) is 11.6 Å². The van der Waals surface area contributed by atoms with Crippen LogP contribution in [-0.2, 0) is 4.79 Å². The standard InChI is InChI=1S/C17H13ClN4OS/c18-12-5-1-2-6-13(12)20-16(23)11-24-17-9-8-15(21-22-17)14-7-3-4-10-19-14/h1-10H,11H2,(H,20,23). The maximum Gasteiger partial charge on any atom is 0.234 e. The van der Waals surface area contributed by atoms with Gasteiger partial charge in [0.1, 0.15) is 10.7 Å². The molecule has 0 aliphatic rings. The van der Waals surface area contributed by atoms with Crippen LogP contribution in [0.5, 0.6) is 0 Å². The lowest BCUT2D eigenvalue weighted by Crippen LogP contribution is -2.14. The maximum absolute atomic E-state index is 12.0. The van der Waals surface area contributed by atoms with E-state index >= 15 is 0 Å². The first kappa shape index (κ1) is 16.4. The minimum absolute atomic E-state index is 0.149. The van der Waals surface area contributed by atoms with Crippen molar-refractivity contribution in [3.8, 4) is 11.4 Å². The Kier molecular flexibility index (Phi) is 5.40. The Bertz CT molecular complexity index is 828. The van der Waals surface area contributed by atoms with Gasteiger partial charge >= 0.3 is 0 Å². The number of pyridine rings is 1. The molecule has 1 N–H and O–H groups in total. The fourth-order valence-electron chi connectivity index (χ4n) is 1.94. The summed E-state index contributed by atoms with van der Waals surface area (Å²) in [6, 6.07) is 16.4. The van der Waals surface area contributed by atoms with Crippen molar-refractivity contribution in [3.05, 3.63) is 65.8 Å². The van der Waals surface area contributed by atoms with E-state index in [0.29, 0.717) is 21.4 Å². The summed E-state index contributed by atoms with van der Waals surface area (Å²) in [7, 11) is 0. The molecule has 0 spiro atoms. The van der Waals surface area contributed by atoms with Crippen LogP contribution in [0.4, 0.5) is 5.69 Å². The van der Waals surface area contributed by atoms with Crippen molar-refractivity contribution in [1.82, 2.24) is 15.2 Å². The molecule has 3 rings (SSSR count). The van der Waals surface area contributed by atoms with Gasteiger partial charge in [-0.15, -0.1) is 10.2 Å². The van der Waals surface area contributed by atoms with Crippen molar-refractivity contribution < 1.29 is 4.79 Å². The van der Waals surface area contributed by atoms with Crippen LogP contribution in [0.1, 0.15) is 0 Å². The van der Waals surface area contributed by atoms with Gasteiger partial charge in [-0.25, -0.2) is 0 Å². The largest absolute Gasteiger partial charge is 0.324 e. The lowest BCUT2D eigenvalue weighted by atomic mass is 10.2. The first-order chi connectivity index (χ1) is 11.7. The second kappa shape index (κ2) is 7.90. The third-order valence-electron chi connectivity index (χ3n) is 3.07. The summed E-state index contributed by atoms with van der Waals surface area (Å²) in [5, 5.41) is 12.2. The number of hydrogen-bond donors (Lipinski definition) is 1. The molecule has 7 heteroatoms. The fraction of sp³-hybridized carbons (Fsp3) is 0.0588. The molecule has 1 amide bonds. The van der Waals surface area contributed by atoms with Gasteiger partial charge in [-0.05, 0) is 36.4 Å². The first-order valence-electron chi connectivity index (χ1n) is 7.15. The summed E-state index contributed by atoms with van der Waals surface area (Å²) in [5.41, 5.74) is 2.06. The van der Waals surface area contributed by atoms with Gasteiger partial charge in [0.15, 0.2) is 0 Å². The Morgan fingerprint density at radius 3 is 2.54 bits per heavy atom. The molecule has 0 aliphatic heterocycles. The summed E-state index contributed by atoms with van der Waals surface area (Å²) in [6.45, 7) is 0. The fourth-order valence-corrected chi connectivity index (χ4v) is 2.73. The van der Waals surface area contributed by atoms with Gasteiger partial charge < -0.3 is 5.32 Å². The number of hydrogen-bond acceptors (Lipinski definition) is 5. The van der Waals surface area contributed by atoms with Gasteiger partial charge in [-0.1, -0.05) is 41.6 Å². The second-order valence-electron chi connectivity index (χ2n) is 4.79. The Labute approximate surface area is 148 Å². The molecule has 24 heavy (non-hydrogen) atoms. The molecule has 0 radical (unpaired) electrons. The normalized spacial score (nSPS) is 10.4. The predicted octanol–water partition coefficient (Wildman–Crippen LogP) is 3.92. The third-order valence-corrected chi connectivity index (χ3v) is 4.32. The van der Waals surface area contributed by atoms with E-state index in [-0.39, 0.29) is 11.7 Å². The molecule has 120 valence electrons. The van der Waals surface area contributed by atoms with E-state index in [1.54, 1.807) is 18.3 Å². The van der Waals surface area contributed by atoms with E-state index < -0.39 is 0 Å². The monoisotopic (exact) mass is 356 g/mol. The number of nitrogens with zero attached hydrogens (tertiary/aromatic N) is 3. The van der Waals surface area contributed by atoms with Crippen molar-refractivity contribution in [3.63, 3.8) is 0 Å². The minimum Gasteiger partial charge on any atom is -0.324 e. The zero-order valence-corrected chi connectivity index (χ0v) is 14.1. The highest BCUT2D eigenvalue weighted by molar-refractivity contribution is 7.99. The summed E-state index contributed by atoms with van der Waals surface area (Å²) in [6.07, 6.45) is 1.71. The molecule has 0 bridgehead atoms. The van der Waals surface area contributed by atoms with Gasteiger partial charge in [0.05, 0.1) is 22.2 Å². The third kappa shape index (κ3) is 4.31. The molecule has 1 aromatic carbocycles. The highest BCUT2D eigenvalue weighted by Crippen LogP contribution is 2.22. The molecule has 0 atom stereocenters. The average molecular weight is 357 g/mol. The Morgan fingerprint density at radius 2 is 1.83 bits per heavy atom. The molecule has 0 saturated heterocycles. The maximum atomic E-state index is 12.0. The molecular weight excluding hydrogens is 344 g/mol. The van der Waals surface area contributed by atoms with Gasteiger partial charge in [0.25, 0.3) is 0 Å². The van der Waals surface area contributed by atoms with E-state index in [0.717, 1.165) is 5.69 Å². The van der Waals surface area contributed by atoms with E-state index in [2.05, 4.69) is 20.5 Å². The lowest BCUT2D eigenvalue weighted by molar-refractivity contribution is -0.113. The Morgan fingerprint density at radius 1 is 1.00 bits per heavy atom. The first-order valence-corrected chi connectivity index (χ1v) is 8.51. The van der Waals surface area contributed by atoms with Crippen molar-refractivity contribution in [2.75, 3.05) is 11.1 Å². The summed E-state index contributed by atoms with van der Waals surface area (Å²) in [4.78, 5) is 16.2. The van der Waals surface area contributed by atoms with Crippen LogP contribution in [0.15, 0.2) is 65.8 Å². The molecule has 0 aliphatic carbocycles. The highest BCUT2D eigenvalue weighted by atomic mass is 35.5. The predicted molar refractivity (Wildman–Crippen MR) is 96.1 cm³/mol. The van der Waals surface area contributed by atoms with Crippen LogP contribution in [-0.4, -0.2) is 26.8 Å². The number of thioether (sulfide) groups is 1. The number of benzene rings is 1. The number of nitrogens with one attached hydrogen (secondary N) is 1. The van der Waals surface area contributed by atoms with Gasteiger partial charge in [0.2, 0.25) is 5.91 Å². The highest BCUT2D eigenvalue weighted by Gasteiger charge is 2.08. The number of halogens is 1. The Hall–Kier alpha value is -2.44.